The number of hydrogen-bond donors (Lipinski definition) is 0. The van der Waals surface area contributed by atoms with Gasteiger partial charge in [0.1, 0.15) is 35.8 Å². The van der Waals surface area contributed by atoms with Gasteiger partial charge in [0.25, 0.3) is 0 Å². The number of likely N-dealkylation sites (tertiary alicyclic amines) is 1. The summed E-state index contributed by atoms with van der Waals surface area (Å²) in [6.07, 6.45) is 6.20. The van der Waals surface area contributed by atoms with Crippen molar-refractivity contribution in [3.8, 4) is 17.2 Å². The summed E-state index contributed by atoms with van der Waals surface area (Å²) in [6.45, 7) is 7.85. The molecule has 1 amide bonds. The van der Waals surface area contributed by atoms with Crippen molar-refractivity contribution >= 4 is 16.8 Å². The number of nitrogens with zero attached hydrogens (tertiary/aromatic N) is 2. The summed E-state index contributed by atoms with van der Waals surface area (Å²) in [4.78, 5) is 19.5. The van der Waals surface area contributed by atoms with Gasteiger partial charge in [0.05, 0.1) is 17.8 Å². The van der Waals surface area contributed by atoms with Gasteiger partial charge in [-0.25, -0.2) is 9.37 Å². The molecule has 0 spiro atoms. The molecule has 2 fully saturated rings. The van der Waals surface area contributed by atoms with E-state index in [-0.39, 0.29) is 24.4 Å². The van der Waals surface area contributed by atoms with E-state index in [1.807, 2.05) is 36.1 Å². The summed E-state index contributed by atoms with van der Waals surface area (Å²) >= 11 is 0. The van der Waals surface area contributed by atoms with Crippen LogP contribution in [0.3, 0.4) is 0 Å². The predicted molar refractivity (Wildman–Crippen MR) is 156 cm³/mol. The van der Waals surface area contributed by atoms with Crippen molar-refractivity contribution in [3.63, 3.8) is 0 Å². The fourth-order valence-electron chi connectivity index (χ4n) is 5.53. The molecule has 3 aromatic rings. The van der Waals surface area contributed by atoms with E-state index in [4.69, 9.17) is 23.9 Å². The molecule has 2 aromatic carbocycles. The summed E-state index contributed by atoms with van der Waals surface area (Å²) in [5, 5.41) is 0.675. The van der Waals surface area contributed by atoms with Gasteiger partial charge in [0, 0.05) is 62.6 Å². The summed E-state index contributed by atoms with van der Waals surface area (Å²) in [7, 11) is 0. The van der Waals surface area contributed by atoms with Crippen molar-refractivity contribution in [1.82, 2.24) is 9.88 Å². The lowest BCUT2D eigenvalue weighted by atomic mass is 9.95. The Bertz CT molecular complexity index is 1320. The van der Waals surface area contributed by atoms with E-state index in [2.05, 4.69) is 6.92 Å². The Morgan fingerprint density at radius 3 is 2.61 bits per heavy atom. The normalized spacial score (nSPS) is 16.6. The van der Waals surface area contributed by atoms with E-state index in [0.29, 0.717) is 41.3 Å². The highest BCUT2D eigenvalue weighted by Crippen LogP contribution is 2.32. The molecule has 3 heterocycles. The third-order valence-electron chi connectivity index (χ3n) is 8.06. The number of carbonyl (C=O) groups excluding carboxylic acids is 1. The van der Waals surface area contributed by atoms with Crippen molar-refractivity contribution in [1.29, 1.82) is 0 Å². The van der Waals surface area contributed by atoms with Crippen LogP contribution in [0.4, 0.5) is 4.39 Å². The van der Waals surface area contributed by atoms with Crippen molar-refractivity contribution < 1.29 is 28.1 Å². The van der Waals surface area contributed by atoms with E-state index < -0.39 is 0 Å². The summed E-state index contributed by atoms with van der Waals surface area (Å²) in [5.74, 6) is 2.48. The van der Waals surface area contributed by atoms with Gasteiger partial charge in [0.15, 0.2) is 0 Å². The van der Waals surface area contributed by atoms with Crippen molar-refractivity contribution in [2.24, 2.45) is 5.92 Å². The van der Waals surface area contributed by atoms with Gasteiger partial charge in [-0.1, -0.05) is 19.4 Å². The lowest BCUT2D eigenvalue weighted by Crippen LogP contribution is -2.42. The minimum atomic E-state index is -0.313. The van der Waals surface area contributed by atoms with Gasteiger partial charge in [-0.05, 0) is 62.4 Å². The number of benzene rings is 2. The van der Waals surface area contributed by atoms with Crippen LogP contribution in [0.1, 0.15) is 63.1 Å². The molecule has 5 rings (SSSR count). The SMILES string of the molecule is CCCCOc1c(C)c(COc2cccc(OC3CCN(C(=O)CC4CCOCC4)CC3)c2)nc2ccc(F)cc12. The Balaban J connectivity index is 1.17. The van der Waals surface area contributed by atoms with Crippen LogP contribution in [0.15, 0.2) is 42.5 Å². The van der Waals surface area contributed by atoms with Crippen LogP contribution in [0.2, 0.25) is 0 Å². The first-order chi connectivity index (χ1) is 20.0. The van der Waals surface area contributed by atoms with E-state index in [1.165, 1.54) is 12.1 Å². The maximum absolute atomic E-state index is 14.0. The van der Waals surface area contributed by atoms with Gasteiger partial charge in [-0.2, -0.15) is 0 Å². The molecule has 0 radical (unpaired) electrons. The first-order valence-electron chi connectivity index (χ1n) is 15.0. The number of piperidine rings is 1. The van der Waals surface area contributed by atoms with Crippen LogP contribution in [-0.2, 0) is 16.1 Å². The van der Waals surface area contributed by atoms with Crippen LogP contribution in [-0.4, -0.2) is 54.8 Å². The first kappa shape index (κ1) is 29.1. The molecule has 7 nitrogen and oxygen atoms in total. The summed E-state index contributed by atoms with van der Waals surface area (Å²) in [5.41, 5.74) is 2.28. The van der Waals surface area contributed by atoms with Gasteiger partial charge < -0.3 is 23.8 Å². The Hall–Kier alpha value is -3.39. The first-order valence-corrected chi connectivity index (χ1v) is 15.0. The number of aromatic nitrogens is 1. The van der Waals surface area contributed by atoms with Crippen LogP contribution >= 0.6 is 0 Å². The zero-order valence-corrected chi connectivity index (χ0v) is 24.2. The quantitative estimate of drug-likeness (QED) is 0.244. The number of amides is 1. The lowest BCUT2D eigenvalue weighted by Gasteiger charge is -2.33. The van der Waals surface area contributed by atoms with Gasteiger partial charge in [-0.15, -0.1) is 0 Å². The largest absolute Gasteiger partial charge is 0.493 e. The summed E-state index contributed by atoms with van der Waals surface area (Å²) in [6, 6.07) is 12.2. The Labute approximate surface area is 241 Å². The predicted octanol–water partition coefficient (Wildman–Crippen LogP) is 6.63. The van der Waals surface area contributed by atoms with Crippen molar-refractivity contribution in [2.45, 2.75) is 71.5 Å². The fraction of sp³-hybridized carbons (Fsp3) is 0.515. The standard InChI is InChI=1S/C33H41FN2O5/c1-3-4-16-39-33-23(2)31(35-30-9-8-25(34)20-29(30)33)22-40-27-6-5-7-28(21-27)41-26-10-14-36(15-11-26)32(37)19-24-12-17-38-18-13-24/h5-9,20-21,24,26H,3-4,10-19,22H2,1-2H3. The highest BCUT2D eigenvalue weighted by molar-refractivity contribution is 5.86. The second-order valence-electron chi connectivity index (χ2n) is 11.1. The number of rotatable bonds is 11. The Morgan fingerprint density at radius 2 is 1.83 bits per heavy atom. The number of unbranched alkanes of at least 4 members (excludes halogenated alkanes) is 1. The van der Waals surface area contributed by atoms with Crippen LogP contribution in [0.25, 0.3) is 10.9 Å². The van der Waals surface area contributed by atoms with Gasteiger partial charge >= 0.3 is 0 Å². The minimum Gasteiger partial charge on any atom is -0.493 e. The maximum atomic E-state index is 14.0. The molecule has 2 saturated heterocycles. The number of ether oxygens (including phenoxy) is 4. The Kier molecular flexibility index (Phi) is 9.93. The molecule has 0 N–H and O–H groups in total. The molecule has 0 bridgehead atoms. The molecular formula is C33H41FN2O5. The monoisotopic (exact) mass is 564 g/mol. The van der Waals surface area contributed by atoms with E-state index in [9.17, 15) is 9.18 Å². The van der Waals surface area contributed by atoms with Crippen molar-refractivity contribution in [2.75, 3.05) is 32.9 Å². The third kappa shape index (κ3) is 7.67. The number of fused-ring (bicyclic) bond motifs is 1. The summed E-state index contributed by atoms with van der Waals surface area (Å²) < 4.78 is 38.0. The van der Waals surface area contributed by atoms with E-state index in [1.54, 1.807) is 6.07 Å². The highest BCUT2D eigenvalue weighted by atomic mass is 19.1. The van der Waals surface area contributed by atoms with E-state index in [0.717, 1.165) is 81.8 Å². The molecule has 220 valence electrons. The van der Waals surface area contributed by atoms with Gasteiger partial charge in [0.2, 0.25) is 5.91 Å². The smallest absolute Gasteiger partial charge is 0.222 e. The third-order valence-corrected chi connectivity index (χ3v) is 8.06. The average Bonchev–Trinajstić information content (AvgIpc) is 2.99. The molecule has 2 aliphatic heterocycles. The molecule has 41 heavy (non-hydrogen) atoms. The Morgan fingerprint density at radius 1 is 1.05 bits per heavy atom. The van der Waals surface area contributed by atoms with Crippen LogP contribution < -0.4 is 14.2 Å². The number of carbonyl (C=O) groups is 1. The zero-order chi connectivity index (χ0) is 28.6. The lowest BCUT2D eigenvalue weighted by molar-refractivity contribution is -0.134. The molecule has 8 heteroatoms. The molecule has 2 aliphatic rings. The maximum Gasteiger partial charge on any atom is 0.222 e. The minimum absolute atomic E-state index is 0.0602. The molecule has 1 aromatic heterocycles. The molecule has 0 saturated carbocycles. The average molecular weight is 565 g/mol. The second kappa shape index (κ2) is 14.0. The number of hydrogen-bond acceptors (Lipinski definition) is 6. The highest BCUT2D eigenvalue weighted by Gasteiger charge is 2.26. The molecular weight excluding hydrogens is 523 g/mol. The second-order valence-corrected chi connectivity index (χ2v) is 11.1. The van der Waals surface area contributed by atoms with Gasteiger partial charge in [-0.3, -0.25) is 4.79 Å². The molecule has 0 aliphatic carbocycles. The number of pyridine rings is 1. The van der Waals surface area contributed by atoms with Crippen LogP contribution in [0, 0.1) is 18.7 Å². The molecule has 0 atom stereocenters. The van der Waals surface area contributed by atoms with E-state index >= 15 is 0 Å². The fourth-order valence-corrected chi connectivity index (χ4v) is 5.53. The zero-order valence-electron chi connectivity index (χ0n) is 24.2. The topological polar surface area (TPSA) is 70.1 Å². The van der Waals surface area contributed by atoms with Crippen LogP contribution in [0.5, 0.6) is 17.2 Å². The van der Waals surface area contributed by atoms with Crippen molar-refractivity contribution in [3.05, 3.63) is 59.5 Å². The number of halogens is 1. The molecule has 0 unspecified atom stereocenters.